The number of hydrogen-bond donors (Lipinski definition) is 1. The number of hydrogen-bond acceptors (Lipinski definition) is 4. The Bertz CT molecular complexity index is 363. The SMILES string of the molecule is CNC1CCCC[C@H](N(C)c2ccc(C)nn2)C1. The molecule has 0 radical (unpaired) electrons. The smallest absolute Gasteiger partial charge is 0.151 e. The van der Waals surface area contributed by atoms with E-state index in [9.17, 15) is 0 Å². The van der Waals surface area contributed by atoms with Gasteiger partial charge in [-0.15, -0.1) is 5.10 Å². The average Bonchev–Trinajstić information content (AvgIpc) is 2.64. The number of aryl methyl sites for hydroxylation is 1. The molecule has 1 aliphatic carbocycles. The minimum atomic E-state index is 0.571. The van der Waals surface area contributed by atoms with Crippen molar-refractivity contribution in [1.82, 2.24) is 15.5 Å². The van der Waals surface area contributed by atoms with Gasteiger partial charge in [0.05, 0.1) is 5.69 Å². The fourth-order valence-corrected chi connectivity index (χ4v) is 2.72. The molecule has 18 heavy (non-hydrogen) atoms. The summed E-state index contributed by atoms with van der Waals surface area (Å²) in [6, 6.07) is 5.31. The first-order valence-corrected chi connectivity index (χ1v) is 6.91. The van der Waals surface area contributed by atoms with Crippen molar-refractivity contribution in [2.75, 3.05) is 19.0 Å². The van der Waals surface area contributed by atoms with Crippen LogP contribution in [0, 0.1) is 6.92 Å². The lowest BCUT2D eigenvalue weighted by atomic mass is 10.0. The van der Waals surface area contributed by atoms with Gasteiger partial charge in [-0.05, 0) is 45.4 Å². The molecule has 100 valence electrons. The molecule has 1 saturated carbocycles. The highest BCUT2D eigenvalue weighted by atomic mass is 15.3. The summed E-state index contributed by atoms with van der Waals surface area (Å²) in [7, 11) is 4.21. The lowest BCUT2D eigenvalue weighted by molar-refractivity contribution is 0.457. The van der Waals surface area contributed by atoms with E-state index in [2.05, 4.69) is 40.6 Å². The topological polar surface area (TPSA) is 41.0 Å². The van der Waals surface area contributed by atoms with Crippen LogP contribution in [0.2, 0.25) is 0 Å². The summed E-state index contributed by atoms with van der Waals surface area (Å²) >= 11 is 0. The number of anilines is 1. The lowest BCUT2D eigenvalue weighted by Crippen LogP contribution is -2.37. The normalized spacial score (nSPS) is 24.6. The Hall–Kier alpha value is -1.16. The van der Waals surface area contributed by atoms with Crippen molar-refractivity contribution in [2.24, 2.45) is 0 Å². The molecule has 0 amide bonds. The van der Waals surface area contributed by atoms with Crippen LogP contribution in [0.4, 0.5) is 5.82 Å². The summed E-state index contributed by atoms with van der Waals surface area (Å²) in [5.74, 6) is 0.988. The molecule has 0 saturated heterocycles. The highest BCUT2D eigenvalue weighted by molar-refractivity contribution is 5.37. The first kappa shape index (κ1) is 13.3. The van der Waals surface area contributed by atoms with Gasteiger partial charge in [-0.3, -0.25) is 0 Å². The zero-order valence-corrected chi connectivity index (χ0v) is 11.7. The Morgan fingerprint density at radius 2 is 2.00 bits per heavy atom. The Morgan fingerprint density at radius 3 is 2.67 bits per heavy atom. The third-order valence-electron chi connectivity index (χ3n) is 4.00. The molecule has 1 aromatic rings. The zero-order chi connectivity index (χ0) is 13.0. The molecule has 1 unspecified atom stereocenters. The highest BCUT2D eigenvalue weighted by Crippen LogP contribution is 2.24. The molecule has 0 spiro atoms. The minimum Gasteiger partial charge on any atom is -0.355 e. The fourth-order valence-electron chi connectivity index (χ4n) is 2.72. The maximum Gasteiger partial charge on any atom is 0.151 e. The molecule has 4 nitrogen and oxygen atoms in total. The van der Waals surface area contributed by atoms with Gasteiger partial charge in [0.1, 0.15) is 0 Å². The lowest BCUT2D eigenvalue weighted by Gasteiger charge is -2.29. The zero-order valence-electron chi connectivity index (χ0n) is 11.7. The van der Waals surface area contributed by atoms with E-state index >= 15 is 0 Å². The molecule has 4 heteroatoms. The van der Waals surface area contributed by atoms with Crippen molar-refractivity contribution >= 4 is 5.82 Å². The van der Waals surface area contributed by atoms with E-state index in [4.69, 9.17) is 0 Å². The number of nitrogens with zero attached hydrogens (tertiary/aromatic N) is 3. The third kappa shape index (κ3) is 3.19. The van der Waals surface area contributed by atoms with E-state index in [0.717, 1.165) is 11.5 Å². The van der Waals surface area contributed by atoms with Crippen molar-refractivity contribution in [3.63, 3.8) is 0 Å². The van der Waals surface area contributed by atoms with Crippen molar-refractivity contribution in [1.29, 1.82) is 0 Å². The van der Waals surface area contributed by atoms with E-state index < -0.39 is 0 Å². The molecular formula is C14H24N4. The van der Waals surface area contributed by atoms with Gasteiger partial charge in [-0.1, -0.05) is 12.8 Å². The molecule has 1 aliphatic rings. The standard InChI is InChI=1S/C14H24N4/c1-11-8-9-14(17-16-11)18(3)13-7-5-4-6-12(10-13)15-2/h8-9,12-13,15H,4-7,10H2,1-3H3/t12?,13-/m0/s1. The second-order valence-corrected chi connectivity index (χ2v) is 5.30. The molecule has 1 aromatic heterocycles. The maximum absolute atomic E-state index is 4.29. The average molecular weight is 248 g/mol. The summed E-state index contributed by atoms with van der Waals surface area (Å²) in [4.78, 5) is 2.29. The van der Waals surface area contributed by atoms with Crippen LogP contribution in [-0.4, -0.2) is 36.4 Å². The minimum absolute atomic E-state index is 0.571. The van der Waals surface area contributed by atoms with Crippen LogP contribution in [0.3, 0.4) is 0 Å². The summed E-state index contributed by atoms with van der Waals surface area (Å²) in [5, 5.41) is 11.9. The van der Waals surface area contributed by atoms with Gasteiger partial charge in [0.15, 0.2) is 5.82 Å². The van der Waals surface area contributed by atoms with Crippen molar-refractivity contribution in [3.8, 4) is 0 Å². The van der Waals surface area contributed by atoms with E-state index in [0.29, 0.717) is 12.1 Å². The van der Waals surface area contributed by atoms with Crippen LogP contribution < -0.4 is 10.2 Å². The van der Waals surface area contributed by atoms with Gasteiger partial charge in [0.25, 0.3) is 0 Å². The van der Waals surface area contributed by atoms with Crippen LogP contribution in [0.25, 0.3) is 0 Å². The van der Waals surface area contributed by atoms with Gasteiger partial charge in [-0.25, -0.2) is 0 Å². The third-order valence-corrected chi connectivity index (χ3v) is 4.00. The first-order valence-electron chi connectivity index (χ1n) is 6.91. The van der Waals surface area contributed by atoms with Gasteiger partial charge >= 0.3 is 0 Å². The summed E-state index contributed by atoms with van der Waals surface area (Å²) in [6.07, 6.45) is 6.38. The molecule has 0 aliphatic heterocycles. The van der Waals surface area contributed by atoms with Crippen molar-refractivity contribution in [3.05, 3.63) is 17.8 Å². The van der Waals surface area contributed by atoms with E-state index in [1.165, 1.54) is 32.1 Å². The van der Waals surface area contributed by atoms with Crippen LogP contribution >= 0.6 is 0 Å². The van der Waals surface area contributed by atoms with Crippen LogP contribution in [0.15, 0.2) is 12.1 Å². The molecule has 2 atom stereocenters. The van der Waals surface area contributed by atoms with E-state index in [1.807, 2.05) is 13.0 Å². The van der Waals surface area contributed by atoms with Crippen LogP contribution in [0.5, 0.6) is 0 Å². The Labute approximate surface area is 110 Å². The van der Waals surface area contributed by atoms with Gasteiger partial charge in [0, 0.05) is 19.1 Å². The predicted octanol–water partition coefficient (Wildman–Crippen LogP) is 2.14. The van der Waals surface area contributed by atoms with Crippen LogP contribution in [-0.2, 0) is 0 Å². The fraction of sp³-hybridized carbons (Fsp3) is 0.714. The quantitative estimate of drug-likeness (QED) is 0.832. The number of rotatable bonds is 3. The molecule has 0 aromatic carbocycles. The highest BCUT2D eigenvalue weighted by Gasteiger charge is 2.23. The molecule has 1 fully saturated rings. The van der Waals surface area contributed by atoms with E-state index in [-0.39, 0.29) is 0 Å². The van der Waals surface area contributed by atoms with Crippen molar-refractivity contribution < 1.29 is 0 Å². The number of aromatic nitrogens is 2. The Morgan fingerprint density at radius 1 is 1.22 bits per heavy atom. The molecule has 1 heterocycles. The van der Waals surface area contributed by atoms with Gasteiger partial charge < -0.3 is 10.2 Å². The van der Waals surface area contributed by atoms with Crippen molar-refractivity contribution in [2.45, 2.75) is 51.1 Å². The van der Waals surface area contributed by atoms with Gasteiger partial charge in [-0.2, -0.15) is 5.10 Å². The first-order chi connectivity index (χ1) is 8.70. The second kappa shape index (κ2) is 6.14. The Kier molecular flexibility index (Phi) is 4.53. The summed E-state index contributed by atoms with van der Waals surface area (Å²) in [6.45, 7) is 1.97. The maximum atomic E-state index is 4.29. The molecule has 0 bridgehead atoms. The van der Waals surface area contributed by atoms with Gasteiger partial charge in [0.2, 0.25) is 0 Å². The molecule has 2 rings (SSSR count). The summed E-state index contributed by atoms with van der Waals surface area (Å²) < 4.78 is 0. The monoisotopic (exact) mass is 248 g/mol. The van der Waals surface area contributed by atoms with E-state index in [1.54, 1.807) is 0 Å². The largest absolute Gasteiger partial charge is 0.355 e. The number of nitrogens with one attached hydrogen (secondary N) is 1. The predicted molar refractivity (Wildman–Crippen MR) is 74.9 cm³/mol. The molecule has 1 N–H and O–H groups in total. The Balaban J connectivity index is 2.06. The summed E-state index contributed by atoms with van der Waals surface area (Å²) in [5.41, 5.74) is 0.973. The molecular weight excluding hydrogens is 224 g/mol. The van der Waals surface area contributed by atoms with Crippen LogP contribution in [0.1, 0.15) is 37.8 Å². The second-order valence-electron chi connectivity index (χ2n) is 5.30.